The van der Waals surface area contributed by atoms with Gasteiger partial charge in [0.1, 0.15) is 5.03 Å². The SMILES string of the molecule is Cc1cc(C)c2c(n1)SCCN2C(=O)Nc1ccc(C)c(Cl)c1. The molecule has 2 heterocycles. The van der Waals surface area contributed by atoms with E-state index in [-0.39, 0.29) is 6.03 Å². The highest BCUT2D eigenvalue weighted by Crippen LogP contribution is 2.36. The standard InChI is InChI=1S/C17H18ClN3OS/c1-10-4-5-13(9-14(10)18)20-17(22)21-6-7-23-16-15(21)11(2)8-12(3)19-16/h4-5,8-9H,6-7H2,1-3H3,(H,20,22). The summed E-state index contributed by atoms with van der Waals surface area (Å²) in [7, 11) is 0. The molecule has 1 aliphatic heterocycles. The van der Waals surface area contributed by atoms with Gasteiger partial charge in [-0.2, -0.15) is 0 Å². The highest BCUT2D eigenvalue weighted by molar-refractivity contribution is 7.99. The second kappa shape index (κ2) is 6.42. The molecule has 0 aliphatic carbocycles. The second-order valence-corrected chi connectivity index (χ2v) is 7.12. The molecule has 1 aromatic carbocycles. The molecule has 0 bridgehead atoms. The molecule has 1 N–H and O–H groups in total. The lowest BCUT2D eigenvalue weighted by Gasteiger charge is -2.30. The zero-order chi connectivity index (χ0) is 16.6. The zero-order valence-electron chi connectivity index (χ0n) is 13.3. The van der Waals surface area contributed by atoms with E-state index in [1.54, 1.807) is 22.7 Å². The lowest BCUT2D eigenvalue weighted by atomic mass is 10.2. The van der Waals surface area contributed by atoms with Crippen LogP contribution in [0.15, 0.2) is 29.3 Å². The van der Waals surface area contributed by atoms with Crippen LogP contribution in [0.4, 0.5) is 16.2 Å². The number of amides is 2. The Balaban J connectivity index is 1.88. The molecule has 2 aromatic rings. The van der Waals surface area contributed by atoms with Crippen LogP contribution in [0.1, 0.15) is 16.8 Å². The Bertz CT molecular complexity index is 779. The predicted octanol–water partition coefficient (Wildman–Crippen LogP) is 4.80. The molecule has 3 rings (SSSR count). The molecule has 23 heavy (non-hydrogen) atoms. The third kappa shape index (κ3) is 3.31. The van der Waals surface area contributed by atoms with Crippen LogP contribution in [-0.4, -0.2) is 23.3 Å². The Morgan fingerprint density at radius 3 is 2.78 bits per heavy atom. The van der Waals surface area contributed by atoms with Gasteiger partial charge in [-0.25, -0.2) is 9.78 Å². The van der Waals surface area contributed by atoms with Crippen molar-refractivity contribution in [2.24, 2.45) is 0 Å². The number of hydrogen-bond donors (Lipinski definition) is 1. The number of aryl methyl sites for hydroxylation is 3. The predicted molar refractivity (Wildman–Crippen MR) is 97.0 cm³/mol. The van der Waals surface area contributed by atoms with Gasteiger partial charge >= 0.3 is 6.03 Å². The molecule has 0 saturated carbocycles. The second-order valence-electron chi connectivity index (χ2n) is 5.63. The van der Waals surface area contributed by atoms with Gasteiger partial charge in [-0.3, -0.25) is 4.90 Å². The highest BCUT2D eigenvalue weighted by atomic mass is 35.5. The molecule has 0 saturated heterocycles. The summed E-state index contributed by atoms with van der Waals surface area (Å²) in [5.41, 5.74) is 4.63. The minimum Gasteiger partial charge on any atom is -0.307 e. The van der Waals surface area contributed by atoms with Gasteiger partial charge in [0.05, 0.1) is 5.69 Å². The maximum absolute atomic E-state index is 12.7. The topological polar surface area (TPSA) is 45.2 Å². The van der Waals surface area contributed by atoms with Crippen molar-refractivity contribution in [3.63, 3.8) is 0 Å². The summed E-state index contributed by atoms with van der Waals surface area (Å²) in [6, 6.07) is 7.38. The maximum Gasteiger partial charge on any atom is 0.326 e. The fraction of sp³-hybridized carbons (Fsp3) is 0.294. The van der Waals surface area contributed by atoms with Gasteiger partial charge in [0.25, 0.3) is 0 Å². The molecular formula is C17H18ClN3OS. The van der Waals surface area contributed by atoms with Gasteiger partial charge in [-0.1, -0.05) is 17.7 Å². The van der Waals surface area contributed by atoms with E-state index >= 15 is 0 Å². The summed E-state index contributed by atoms with van der Waals surface area (Å²) in [5, 5.41) is 4.49. The van der Waals surface area contributed by atoms with E-state index in [0.717, 1.165) is 33.3 Å². The first-order chi connectivity index (χ1) is 11.0. The van der Waals surface area contributed by atoms with Crippen molar-refractivity contribution >= 4 is 40.8 Å². The van der Waals surface area contributed by atoms with Crippen molar-refractivity contribution in [3.8, 4) is 0 Å². The van der Waals surface area contributed by atoms with Crippen LogP contribution in [0.2, 0.25) is 5.02 Å². The number of carbonyl (C=O) groups is 1. The van der Waals surface area contributed by atoms with Gasteiger partial charge in [0.15, 0.2) is 0 Å². The molecule has 6 heteroatoms. The summed E-state index contributed by atoms with van der Waals surface area (Å²) >= 11 is 7.82. The van der Waals surface area contributed by atoms with Crippen LogP contribution in [0.5, 0.6) is 0 Å². The average Bonchev–Trinajstić information content (AvgIpc) is 2.50. The molecule has 120 valence electrons. The summed E-state index contributed by atoms with van der Waals surface area (Å²) in [6.45, 7) is 6.58. The van der Waals surface area contributed by atoms with E-state index in [1.165, 1.54) is 0 Å². The van der Waals surface area contributed by atoms with E-state index in [1.807, 2.05) is 39.0 Å². The third-order valence-electron chi connectivity index (χ3n) is 3.77. The minimum absolute atomic E-state index is 0.153. The van der Waals surface area contributed by atoms with E-state index in [4.69, 9.17) is 11.6 Å². The Labute approximate surface area is 145 Å². The molecule has 0 fully saturated rings. The number of benzene rings is 1. The fourth-order valence-corrected chi connectivity index (χ4v) is 3.90. The number of nitrogens with zero attached hydrogens (tertiary/aromatic N) is 2. The van der Waals surface area contributed by atoms with Crippen LogP contribution >= 0.6 is 23.4 Å². The number of anilines is 2. The van der Waals surface area contributed by atoms with Gasteiger partial charge in [-0.15, -0.1) is 11.8 Å². The van der Waals surface area contributed by atoms with Crippen molar-refractivity contribution < 1.29 is 4.79 Å². The van der Waals surface area contributed by atoms with Gasteiger partial charge < -0.3 is 5.32 Å². The highest BCUT2D eigenvalue weighted by Gasteiger charge is 2.26. The van der Waals surface area contributed by atoms with Gasteiger partial charge in [-0.05, 0) is 50.1 Å². The van der Waals surface area contributed by atoms with Crippen LogP contribution < -0.4 is 10.2 Å². The number of urea groups is 1. The molecule has 0 spiro atoms. The Hall–Kier alpha value is -1.72. The smallest absolute Gasteiger partial charge is 0.307 e. The van der Waals surface area contributed by atoms with Crippen molar-refractivity contribution in [1.82, 2.24) is 4.98 Å². The number of nitrogens with one attached hydrogen (secondary N) is 1. The van der Waals surface area contributed by atoms with Crippen LogP contribution in [-0.2, 0) is 0 Å². The largest absolute Gasteiger partial charge is 0.326 e. The number of pyridine rings is 1. The molecule has 2 amide bonds. The van der Waals surface area contributed by atoms with E-state index < -0.39 is 0 Å². The lowest BCUT2D eigenvalue weighted by molar-refractivity contribution is 0.257. The molecular weight excluding hydrogens is 330 g/mol. The number of hydrogen-bond acceptors (Lipinski definition) is 3. The van der Waals surface area contributed by atoms with Crippen molar-refractivity contribution in [2.45, 2.75) is 25.8 Å². The molecule has 4 nitrogen and oxygen atoms in total. The summed E-state index contributed by atoms with van der Waals surface area (Å²) in [5.74, 6) is 0.838. The van der Waals surface area contributed by atoms with Crippen molar-refractivity contribution in [3.05, 3.63) is 46.1 Å². The zero-order valence-corrected chi connectivity index (χ0v) is 14.9. The van der Waals surface area contributed by atoms with E-state index in [0.29, 0.717) is 17.3 Å². The first kappa shape index (κ1) is 16.1. The molecule has 0 atom stereocenters. The van der Waals surface area contributed by atoms with Crippen LogP contribution in [0.3, 0.4) is 0 Å². The summed E-state index contributed by atoms with van der Waals surface area (Å²) < 4.78 is 0. The molecule has 0 radical (unpaired) electrons. The number of rotatable bonds is 1. The minimum atomic E-state index is -0.153. The number of halogens is 1. The summed E-state index contributed by atoms with van der Waals surface area (Å²) in [4.78, 5) is 19.0. The van der Waals surface area contributed by atoms with Crippen LogP contribution in [0, 0.1) is 20.8 Å². The normalized spacial score (nSPS) is 13.7. The van der Waals surface area contributed by atoms with Crippen LogP contribution in [0.25, 0.3) is 0 Å². The Morgan fingerprint density at radius 2 is 2.04 bits per heavy atom. The number of carbonyl (C=O) groups excluding carboxylic acids is 1. The first-order valence-electron chi connectivity index (χ1n) is 7.41. The molecule has 0 unspecified atom stereocenters. The Kier molecular flexibility index (Phi) is 4.50. The number of fused-ring (bicyclic) bond motifs is 1. The number of aromatic nitrogens is 1. The van der Waals surface area contributed by atoms with Gasteiger partial charge in [0, 0.05) is 28.7 Å². The fourth-order valence-electron chi connectivity index (χ4n) is 2.63. The monoisotopic (exact) mass is 347 g/mol. The van der Waals surface area contributed by atoms with Crippen molar-refractivity contribution in [2.75, 3.05) is 22.5 Å². The van der Waals surface area contributed by atoms with E-state index in [2.05, 4.69) is 10.3 Å². The summed E-state index contributed by atoms with van der Waals surface area (Å²) in [6.07, 6.45) is 0. The average molecular weight is 348 g/mol. The number of thioether (sulfide) groups is 1. The first-order valence-corrected chi connectivity index (χ1v) is 8.78. The molecule has 1 aliphatic rings. The lowest BCUT2D eigenvalue weighted by Crippen LogP contribution is -2.39. The van der Waals surface area contributed by atoms with E-state index in [9.17, 15) is 4.79 Å². The maximum atomic E-state index is 12.7. The Morgan fingerprint density at radius 1 is 1.26 bits per heavy atom. The molecule has 1 aromatic heterocycles. The third-order valence-corrected chi connectivity index (χ3v) is 5.12. The van der Waals surface area contributed by atoms with Gasteiger partial charge in [0.2, 0.25) is 0 Å². The van der Waals surface area contributed by atoms with Crippen molar-refractivity contribution in [1.29, 1.82) is 0 Å². The quantitative estimate of drug-likeness (QED) is 0.805.